The van der Waals surface area contributed by atoms with E-state index in [0.717, 1.165) is 42.7 Å². The van der Waals surface area contributed by atoms with Crippen molar-refractivity contribution in [2.75, 3.05) is 83.6 Å². The van der Waals surface area contributed by atoms with Crippen LogP contribution in [-0.4, -0.2) is 138 Å². The third-order valence-electron chi connectivity index (χ3n) is 11.0. The molecule has 3 N–H and O–H groups in total. The van der Waals surface area contributed by atoms with Gasteiger partial charge in [0.25, 0.3) is 5.91 Å². The number of piperidine rings is 2. The normalized spacial score (nSPS) is 16.8. The molecule has 2 saturated heterocycles. The van der Waals surface area contributed by atoms with Gasteiger partial charge in [0.1, 0.15) is 31.2 Å². The van der Waals surface area contributed by atoms with Crippen LogP contribution in [0.2, 0.25) is 0 Å². The fourth-order valence-electron chi connectivity index (χ4n) is 7.51. The number of imide groups is 1. The monoisotopic (exact) mass is 883 g/mol. The van der Waals surface area contributed by atoms with Crippen molar-refractivity contribution in [3.05, 3.63) is 76.2 Å². The number of hydrogen-bond donors (Lipinski definition) is 3. The molecule has 18 nitrogen and oxygen atoms in total. The van der Waals surface area contributed by atoms with Gasteiger partial charge in [0.05, 0.1) is 51.4 Å². The summed E-state index contributed by atoms with van der Waals surface area (Å²) in [6.45, 7) is 8.37. The van der Waals surface area contributed by atoms with Gasteiger partial charge in [0.2, 0.25) is 23.7 Å². The van der Waals surface area contributed by atoms with Crippen LogP contribution in [0.3, 0.4) is 0 Å². The molecule has 64 heavy (non-hydrogen) atoms. The van der Waals surface area contributed by atoms with Crippen molar-refractivity contribution < 1.29 is 47.3 Å². The molecule has 1 atom stereocenters. The molecule has 0 bridgehead atoms. The van der Waals surface area contributed by atoms with Crippen LogP contribution in [0.5, 0.6) is 6.01 Å². The Morgan fingerprint density at radius 1 is 0.938 bits per heavy atom. The van der Waals surface area contributed by atoms with Crippen molar-refractivity contribution in [3.8, 4) is 17.9 Å². The largest absolute Gasteiger partial charge is 0.460 e. The second kappa shape index (κ2) is 22.0. The molecule has 0 saturated carbocycles. The summed E-state index contributed by atoms with van der Waals surface area (Å²) in [5.41, 5.74) is 4.13. The van der Waals surface area contributed by atoms with Gasteiger partial charge in [-0.3, -0.25) is 24.5 Å². The van der Waals surface area contributed by atoms with Gasteiger partial charge in [-0.05, 0) is 62.1 Å². The Bertz CT molecular complexity index is 2360. The summed E-state index contributed by atoms with van der Waals surface area (Å²) in [4.78, 5) is 62.3. The fraction of sp³-hybridized carbons (Fsp3) is 0.489. The molecule has 3 aliphatic rings. The highest BCUT2D eigenvalue weighted by Crippen LogP contribution is 2.31. The highest BCUT2D eigenvalue weighted by molar-refractivity contribution is 6.05. The van der Waals surface area contributed by atoms with Crippen molar-refractivity contribution in [2.45, 2.75) is 70.7 Å². The zero-order chi connectivity index (χ0) is 45.0. The van der Waals surface area contributed by atoms with E-state index in [2.05, 4.69) is 63.7 Å². The van der Waals surface area contributed by atoms with Crippen LogP contribution in [0, 0.1) is 17.7 Å². The number of nitrogens with zero attached hydrogens (tertiary/aromatic N) is 6. The van der Waals surface area contributed by atoms with E-state index in [1.807, 2.05) is 30.5 Å². The number of rotatable bonds is 20. The Morgan fingerprint density at radius 2 is 1.66 bits per heavy atom. The zero-order valence-corrected chi connectivity index (χ0v) is 36.3. The topological polar surface area (TPSA) is 200 Å². The average molecular weight is 884 g/mol. The van der Waals surface area contributed by atoms with Gasteiger partial charge in [-0.1, -0.05) is 37.8 Å². The predicted octanol–water partition coefficient (Wildman–Crippen LogP) is 3.29. The molecule has 2 aromatic heterocycles. The molecule has 4 aromatic rings. The zero-order valence-electron chi connectivity index (χ0n) is 36.3. The summed E-state index contributed by atoms with van der Waals surface area (Å²) >= 11 is 0. The van der Waals surface area contributed by atoms with Crippen molar-refractivity contribution in [1.82, 2.24) is 34.7 Å². The molecule has 5 heterocycles. The number of amides is 4. The summed E-state index contributed by atoms with van der Waals surface area (Å²) < 4.78 is 44.6. The summed E-state index contributed by atoms with van der Waals surface area (Å²) in [5.74, 6) is 4.05. The maximum absolute atomic E-state index is 14.6. The lowest BCUT2D eigenvalue weighted by Gasteiger charge is -2.29. The third kappa shape index (κ3) is 11.9. The standard InChI is InChI=1S/C45H54FN9O9/c1-29(2)34-26-48-55-41(34)51-45(64-33-14-16-53(3)17-15-33)52-44(55)47-25-30-6-9-32(10-7-30)49-39(57)28-63-24-23-62-22-21-61-20-19-60-18-4-5-31-8-11-36(46)40-35(31)27-54(43(40)59)37-12-13-38(56)50-42(37)58/h6-11,26,29,33,37H,12-25,27-28H2,1-3H3,(H,49,57)(H,47,51,52)(H,50,56,58). The number of carbonyl (C=O) groups excluding carboxylic acids is 4. The Labute approximate surface area is 370 Å². The van der Waals surface area contributed by atoms with Crippen LogP contribution in [0.1, 0.15) is 78.1 Å². The quantitative estimate of drug-likeness (QED) is 0.0664. The minimum Gasteiger partial charge on any atom is -0.460 e. The molecule has 0 radical (unpaired) electrons. The van der Waals surface area contributed by atoms with Gasteiger partial charge in [-0.15, -0.1) is 0 Å². The van der Waals surface area contributed by atoms with E-state index in [4.69, 9.17) is 28.7 Å². The lowest BCUT2D eigenvalue weighted by atomic mass is 10.0. The average Bonchev–Trinajstić information content (AvgIpc) is 3.87. The predicted molar refractivity (Wildman–Crippen MR) is 231 cm³/mol. The third-order valence-corrected chi connectivity index (χ3v) is 11.0. The molecule has 19 heteroatoms. The first-order valence-electron chi connectivity index (χ1n) is 21.5. The van der Waals surface area contributed by atoms with E-state index in [0.29, 0.717) is 55.1 Å². The van der Waals surface area contributed by atoms with Crippen molar-refractivity contribution in [1.29, 1.82) is 0 Å². The summed E-state index contributed by atoms with van der Waals surface area (Å²) in [6.07, 6.45) is 4.02. The highest BCUT2D eigenvalue weighted by atomic mass is 19.1. The highest BCUT2D eigenvalue weighted by Gasteiger charge is 2.41. The molecule has 2 aromatic carbocycles. The maximum atomic E-state index is 14.6. The first kappa shape index (κ1) is 46.0. The summed E-state index contributed by atoms with van der Waals surface area (Å²) in [5, 5.41) is 13.0. The molecular weight excluding hydrogens is 830 g/mol. The number of hydrogen-bond acceptors (Lipinski definition) is 14. The Morgan fingerprint density at radius 3 is 2.38 bits per heavy atom. The lowest BCUT2D eigenvalue weighted by molar-refractivity contribution is -0.137. The minimum atomic E-state index is -0.845. The van der Waals surface area contributed by atoms with Gasteiger partial charge in [-0.2, -0.15) is 19.6 Å². The van der Waals surface area contributed by atoms with Crippen LogP contribution >= 0.6 is 0 Å². The van der Waals surface area contributed by atoms with E-state index >= 15 is 0 Å². The van der Waals surface area contributed by atoms with Crippen LogP contribution in [0.15, 0.2) is 42.6 Å². The molecule has 4 amide bonds. The molecule has 2 fully saturated rings. The smallest absolute Gasteiger partial charge is 0.322 e. The Kier molecular flexibility index (Phi) is 15.8. The number of halogens is 1. The Balaban J connectivity index is 0.737. The number of aromatic nitrogens is 4. The number of nitrogens with one attached hydrogen (secondary N) is 3. The SMILES string of the molecule is CC(C)c1cnn2c(NCc3ccc(NC(=O)COCCOCCOCCOCC#Cc4ccc(F)c5c4CN(C4CCC(=O)NC4=O)C5=O)cc3)nc(OC3CCN(C)CC3)nc12. The first-order valence-corrected chi connectivity index (χ1v) is 21.5. The molecule has 3 aliphatic heterocycles. The second-order valence-corrected chi connectivity index (χ2v) is 16.0. The number of ether oxygens (including phenoxy) is 5. The minimum absolute atomic E-state index is 0.0236. The van der Waals surface area contributed by atoms with E-state index in [1.54, 1.807) is 4.52 Å². The number of anilines is 2. The van der Waals surface area contributed by atoms with E-state index in [-0.39, 0.29) is 75.9 Å². The number of carbonyl (C=O) groups is 4. The van der Waals surface area contributed by atoms with Crippen molar-refractivity contribution >= 4 is 40.9 Å². The molecule has 0 aliphatic carbocycles. The summed E-state index contributed by atoms with van der Waals surface area (Å²) in [6, 6.07) is 9.67. The Hall–Kier alpha value is -6.04. The van der Waals surface area contributed by atoms with Crippen LogP contribution < -0.4 is 20.7 Å². The second-order valence-electron chi connectivity index (χ2n) is 16.0. The number of fused-ring (bicyclic) bond motifs is 2. The molecular formula is C45H54FN9O9. The first-order chi connectivity index (χ1) is 31.0. The van der Waals surface area contributed by atoms with Crippen molar-refractivity contribution in [2.24, 2.45) is 0 Å². The van der Waals surface area contributed by atoms with E-state index in [1.165, 1.54) is 17.0 Å². The number of benzene rings is 2. The van der Waals surface area contributed by atoms with Gasteiger partial charge in [0.15, 0.2) is 5.65 Å². The lowest BCUT2D eigenvalue weighted by Crippen LogP contribution is -2.52. The van der Waals surface area contributed by atoms with E-state index in [9.17, 15) is 23.6 Å². The van der Waals surface area contributed by atoms with Gasteiger partial charge in [0, 0.05) is 55.0 Å². The van der Waals surface area contributed by atoms with Gasteiger partial charge in [-0.25, -0.2) is 4.39 Å². The fourth-order valence-corrected chi connectivity index (χ4v) is 7.51. The van der Waals surface area contributed by atoms with Crippen LogP contribution in [-0.2, 0) is 46.4 Å². The number of likely N-dealkylation sites (tertiary alicyclic amines) is 1. The van der Waals surface area contributed by atoms with E-state index < -0.39 is 29.6 Å². The van der Waals surface area contributed by atoms with Gasteiger partial charge >= 0.3 is 6.01 Å². The molecule has 1 unspecified atom stereocenters. The summed E-state index contributed by atoms with van der Waals surface area (Å²) in [7, 11) is 2.11. The molecule has 7 rings (SSSR count). The van der Waals surface area contributed by atoms with Crippen LogP contribution in [0.4, 0.5) is 16.0 Å². The molecule has 0 spiro atoms. The van der Waals surface area contributed by atoms with Crippen molar-refractivity contribution in [3.63, 3.8) is 0 Å². The maximum Gasteiger partial charge on any atom is 0.322 e. The van der Waals surface area contributed by atoms with Gasteiger partial charge < -0.3 is 44.1 Å². The van der Waals surface area contributed by atoms with Crippen LogP contribution in [0.25, 0.3) is 5.65 Å². The molecule has 340 valence electrons.